The highest BCUT2D eigenvalue weighted by molar-refractivity contribution is 5.74. The van der Waals surface area contributed by atoms with Crippen LogP contribution in [0.25, 0.3) is 0 Å². The monoisotopic (exact) mass is 351 g/mol. The Labute approximate surface area is 156 Å². The molecule has 1 N–H and O–H groups in total. The smallest absolute Gasteiger partial charge is 0.317 e. The molecule has 2 aromatic rings. The van der Waals surface area contributed by atoms with Gasteiger partial charge in [-0.1, -0.05) is 49.4 Å². The molecule has 1 heterocycles. The molecule has 0 atom stereocenters. The Bertz CT molecular complexity index is 764. The van der Waals surface area contributed by atoms with Crippen molar-refractivity contribution in [3.63, 3.8) is 0 Å². The van der Waals surface area contributed by atoms with Gasteiger partial charge in [0.1, 0.15) is 0 Å². The van der Waals surface area contributed by atoms with E-state index >= 15 is 0 Å². The highest BCUT2D eigenvalue weighted by Gasteiger charge is 2.23. The molecule has 0 unspecified atom stereocenters. The van der Waals surface area contributed by atoms with Crippen LogP contribution in [0.4, 0.5) is 10.5 Å². The second-order valence-electron chi connectivity index (χ2n) is 7.00. The van der Waals surface area contributed by atoms with Gasteiger partial charge in [-0.25, -0.2) is 4.79 Å². The maximum Gasteiger partial charge on any atom is 0.317 e. The molecule has 26 heavy (non-hydrogen) atoms. The lowest BCUT2D eigenvalue weighted by molar-refractivity contribution is 0.194. The summed E-state index contributed by atoms with van der Waals surface area (Å²) in [6.45, 7) is 10.3. The van der Waals surface area contributed by atoms with Gasteiger partial charge in [0.2, 0.25) is 0 Å². The van der Waals surface area contributed by atoms with Crippen LogP contribution in [0.15, 0.2) is 42.5 Å². The summed E-state index contributed by atoms with van der Waals surface area (Å²) >= 11 is 0. The van der Waals surface area contributed by atoms with Crippen LogP contribution in [0.5, 0.6) is 0 Å². The third kappa shape index (κ3) is 4.01. The van der Waals surface area contributed by atoms with E-state index in [0.29, 0.717) is 6.54 Å². The zero-order valence-corrected chi connectivity index (χ0v) is 16.1. The number of carbonyl (C=O) groups excluding carboxylic acids is 1. The van der Waals surface area contributed by atoms with Gasteiger partial charge in [0, 0.05) is 38.4 Å². The van der Waals surface area contributed by atoms with E-state index in [4.69, 9.17) is 0 Å². The number of piperazine rings is 1. The topological polar surface area (TPSA) is 35.6 Å². The van der Waals surface area contributed by atoms with E-state index in [1.165, 1.54) is 27.9 Å². The molecule has 0 bridgehead atoms. The Hall–Kier alpha value is -2.49. The number of para-hydroxylation sites is 1. The number of amides is 2. The minimum absolute atomic E-state index is 0.0356. The number of anilines is 1. The maximum atomic E-state index is 12.5. The van der Waals surface area contributed by atoms with Crippen molar-refractivity contribution in [1.29, 1.82) is 0 Å². The molecule has 4 nitrogen and oxygen atoms in total. The summed E-state index contributed by atoms with van der Waals surface area (Å²) in [4.78, 5) is 16.9. The molecule has 4 heteroatoms. The molecule has 0 spiro atoms. The number of hydrogen-bond donors (Lipinski definition) is 1. The van der Waals surface area contributed by atoms with Crippen molar-refractivity contribution in [3.8, 4) is 0 Å². The Morgan fingerprint density at radius 2 is 1.58 bits per heavy atom. The first kappa shape index (κ1) is 18.3. The molecule has 0 radical (unpaired) electrons. The Morgan fingerprint density at radius 1 is 0.923 bits per heavy atom. The third-order valence-corrected chi connectivity index (χ3v) is 5.28. The van der Waals surface area contributed by atoms with Crippen molar-refractivity contribution in [2.45, 2.75) is 33.7 Å². The van der Waals surface area contributed by atoms with Crippen molar-refractivity contribution in [2.24, 2.45) is 0 Å². The number of carbonyl (C=O) groups is 1. The fraction of sp³-hybridized carbons (Fsp3) is 0.409. The third-order valence-electron chi connectivity index (χ3n) is 5.28. The fourth-order valence-corrected chi connectivity index (χ4v) is 3.68. The van der Waals surface area contributed by atoms with Crippen molar-refractivity contribution >= 4 is 11.7 Å². The Balaban J connectivity index is 1.57. The Kier molecular flexibility index (Phi) is 5.82. The number of benzene rings is 2. The average Bonchev–Trinajstić information content (AvgIpc) is 2.67. The Morgan fingerprint density at radius 3 is 2.27 bits per heavy atom. The van der Waals surface area contributed by atoms with Crippen LogP contribution in [0.2, 0.25) is 0 Å². The number of nitrogens with one attached hydrogen (secondary N) is 1. The highest BCUT2D eigenvalue weighted by Crippen LogP contribution is 2.26. The van der Waals surface area contributed by atoms with Gasteiger partial charge in [0.25, 0.3) is 0 Å². The summed E-state index contributed by atoms with van der Waals surface area (Å²) in [5, 5.41) is 3.07. The molecule has 0 aromatic heterocycles. The lowest BCUT2D eigenvalue weighted by atomic mass is 10.0. The van der Waals surface area contributed by atoms with E-state index in [1.54, 1.807) is 0 Å². The largest absolute Gasteiger partial charge is 0.368 e. The van der Waals surface area contributed by atoms with Crippen LogP contribution in [0, 0.1) is 13.8 Å². The van der Waals surface area contributed by atoms with Gasteiger partial charge in [0.15, 0.2) is 0 Å². The summed E-state index contributed by atoms with van der Waals surface area (Å²) in [6.07, 6.45) is 1.04. The highest BCUT2D eigenvalue weighted by atomic mass is 16.2. The summed E-state index contributed by atoms with van der Waals surface area (Å²) in [7, 11) is 0. The second-order valence-corrected chi connectivity index (χ2v) is 7.00. The van der Waals surface area contributed by atoms with Crippen LogP contribution in [-0.4, -0.2) is 37.1 Å². The molecular formula is C22H29N3O. The van der Waals surface area contributed by atoms with Gasteiger partial charge < -0.3 is 15.1 Å². The summed E-state index contributed by atoms with van der Waals surface area (Å²) in [6, 6.07) is 14.7. The van der Waals surface area contributed by atoms with Crippen LogP contribution >= 0.6 is 0 Å². The SMILES string of the molecule is CCc1cccc(C)c1N1CCN(C(=O)NCc2ccccc2C)CC1. The number of nitrogens with zero attached hydrogens (tertiary/aromatic N) is 2. The van der Waals surface area contributed by atoms with Crippen LogP contribution in [0.1, 0.15) is 29.2 Å². The van der Waals surface area contributed by atoms with Gasteiger partial charge in [-0.05, 0) is 42.5 Å². The second kappa shape index (κ2) is 8.26. The summed E-state index contributed by atoms with van der Waals surface area (Å²) < 4.78 is 0. The van der Waals surface area contributed by atoms with Gasteiger partial charge in [0.05, 0.1) is 0 Å². The minimum Gasteiger partial charge on any atom is -0.368 e. The quantitative estimate of drug-likeness (QED) is 0.907. The van der Waals surface area contributed by atoms with Gasteiger partial charge in [-0.2, -0.15) is 0 Å². The van der Waals surface area contributed by atoms with Gasteiger partial charge in [-0.3, -0.25) is 0 Å². The molecule has 3 rings (SSSR count). The number of hydrogen-bond acceptors (Lipinski definition) is 2. The maximum absolute atomic E-state index is 12.5. The minimum atomic E-state index is 0.0356. The van der Waals surface area contributed by atoms with E-state index in [2.05, 4.69) is 61.3 Å². The van der Waals surface area contributed by atoms with Crippen molar-refractivity contribution in [2.75, 3.05) is 31.1 Å². The first-order valence-electron chi connectivity index (χ1n) is 9.51. The number of aryl methyl sites for hydroxylation is 3. The molecular weight excluding hydrogens is 322 g/mol. The van der Waals surface area contributed by atoms with E-state index in [9.17, 15) is 4.79 Å². The zero-order chi connectivity index (χ0) is 18.5. The van der Waals surface area contributed by atoms with E-state index in [0.717, 1.165) is 32.6 Å². The molecule has 138 valence electrons. The predicted octanol–water partition coefficient (Wildman–Crippen LogP) is 3.90. The van der Waals surface area contributed by atoms with Crippen molar-refractivity contribution in [3.05, 3.63) is 64.7 Å². The molecule has 1 saturated heterocycles. The summed E-state index contributed by atoms with van der Waals surface area (Å²) in [5.41, 5.74) is 6.45. The predicted molar refractivity (Wildman–Crippen MR) is 108 cm³/mol. The molecule has 0 aliphatic carbocycles. The van der Waals surface area contributed by atoms with E-state index in [1.807, 2.05) is 17.0 Å². The molecule has 0 saturated carbocycles. The van der Waals surface area contributed by atoms with E-state index in [-0.39, 0.29) is 6.03 Å². The average molecular weight is 351 g/mol. The lowest BCUT2D eigenvalue weighted by Crippen LogP contribution is -2.52. The first-order valence-corrected chi connectivity index (χ1v) is 9.51. The standard InChI is InChI=1S/C22H29N3O/c1-4-19-11-7-9-18(3)21(19)24-12-14-25(15-13-24)22(26)23-16-20-10-6-5-8-17(20)2/h5-11H,4,12-16H2,1-3H3,(H,23,26). The van der Waals surface area contributed by atoms with Crippen LogP contribution in [-0.2, 0) is 13.0 Å². The zero-order valence-electron chi connectivity index (χ0n) is 16.1. The van der Waals surface area contributed by atoms with Gasteiger partial charge in [-0.15, -0.1) is 0 Å². The molecule has 1 fully saturated rings. The van der Waals surface area contributed by atoms with E-state index < -0.39 is 0 Å². The fourth-order valence-electron chi connectivity index (χ4n) is 3.68. The van der Waals surface area contributed by atoms with Crippen LogP contribution < -0.4 is 10.2 Å². The normalized spacial score (nSPS) is 14.4. The van der Waals surface area contributed by atoms with Crippen molar-refractivity contribution < 1.29 is 4.79 Å². The molecule has 2 amide bonds. The summed E-state index contributed by atoms with van der Waals surface area (Å²) in [5.74, 6) is 0. The number of urea groups is 1. The number of rotatable bonds is 4. The first-order chi connectivity index (χ1) is 12.6. The molecule has 1 aliphatic heterocycles. The van der Waals surface area contributed by atoms with Crippen LogP contribution in [0.3, 0.4) is 0 Å². The van der Waals surface area contributed by atoms with Crippen molar-refractivity contribution in [1.82, 2.24) is 10.2 Å². The molecule has 2 aromatic carbocycles. The van der Waals surface area contributed by atoms with Gasteiger partial charge >= 0.3 is 6.03 Å². The lowest BCUT2D eigenvalue weighted by Gasteiger charge is -2.37. The molecule has 1 aliphatic rings.